The van der Waals surface area contributed by atoms with Gasteiger partial charge in [-0.05, 0) is 72.5 Å². The standard InChI is InChI=1S/C13H13NO5.C12H18ClNOSi.C12H13NO3Si.C12H19NOSi.C8H18Si2.C7H4ClNO3.C7H5NO4/c1-2-13(18)8-5-9-10(15)3-4-14(9)11(16)7(8)6-19-12(13)17;1-16(2,3)9-8-12(15)10-6-4-5-7-11(10)14-13;1-17(2,3)9-8-12(14)10-6-4-5-7-11(10)13(15)16;1-15(2,3)9-8-12(14)10-6-4-5-7-11(10)13;1-9(2,3)7-8-10(4,5)6;8-7(10)5-3-1-2-4-6(5)9(11)12;9-7(10)5-3-1-2-4-6(5)8(11)12/h5,18H,2-4,6H2,1H3;4-7,14H,8-9H2,1-3H3;4-7H,1-3H3;4-7H,8-9,13H2,1-3H3;1-6H3;1-4H;1-4H,(H,9,10)/t13-;;;;;;/m0....../s1. The lowest BCUT2D eigenvalue weighted by Crippen LogP contribution is -2.44. The summed E-state index contributed by atoms with van der Waals surface area (Å²) in [6, 6.07) is 34.8. The third-order valence-electron chi connectivity index (χ3n) is 14.0. The van der Waals surface area contributed by atoms with Crippen LogP contribution in [0, 0.1) is 52.9 Å². The number of aliphatic hydroxyl groups is 1. The van der Waals surface area contributed by atoms with Gasteiger partial charge >= 0.3 is 11.9 Å². The number of nitrogens with two attached hydrogens (primary N) is 1. The van der Waals surface area contributed by atoms with Crippen LogP contribution in [0.2, 0.25) is 110 Å². The molecule has 5 aromatic carbocycles. The first kappa shape index (κ1) is 88.0. The number of halogens is 2. The number of nitrogens with zero attached hydrogens (tertiary/aromatic N) is 4. The van der Waals surface area contributed by atoms with Gasteiger partial charge in [0.05, 0.1) is 31.7 Å². The van der Waals surface area contributed by atoms with Crippen molar-refractivity contribution >= 4 is 132 Å². The molecule has 0 amide bonds. The number of hydrogen-bond donors (Lipinski definition) is 4. The third kappa shape index (κ3) is 30.3. The van der Waals surface area contributed by atoms with Crippen molar-refractivity contribution < 1.29 is 63.3 Å². The Labute approximate surface area is 604 Å². The van der Waals surface area contributed by atoms with Gasteiger partial charge in [-0.2, -0.15) is 0 Å². The van der Waals surface area contributed by atoms with E-state index in [1.54, 1.807) is 19.1 Å². The van der Waals surface area contributed by atoms with Crippen molar-refractivity contribution in [2.45, 2.75) is 162 Å². The highest BCUT2D eigenvalue weighted by Gasteiger charge is 2.45. The number of nitrogen functional groups attached to an aromatic ring is 1. The molecular weight excluding hydrogens is 1420 g/mol. The minimum absolute atomic E-state index is 0.0586. The lowest BCUT2D eigenvalue weighted by atomic mass is 9.86. The largest absolute Gasteiger partial charge is 0.477 e. The number of anilines is 2. The van der Waals surface area contributed by atoms with Crippen LogP contribution in [0.25, 0.3) is 0 Å². The van der Waals surface area contributed by atoms with Gasteiger partial charge in [0.2, 0.25) is 5.78 Å². The van der Waals surface area contributed by atoms with Crippen molar-refractivity contribution in [1.82, 2.24) is 4.57 Å². The van der Waals surface area contributed by atoms with E-state index in [0.717, 1.165) is 18.2 Å². The molecule has 0 bridgehead atoms. The number of pyridine rings is 1. The highest BCUT2D eigenvalue weighted by Crippen LogP contribution is 2.34. The summed E-state index contributed by atoms with van der Waals surface area (Å²) in [5.41, 5.74) is 15.6. The molecule has 2 aliphatic heterocycles. The zero-order chi connectivity index (χ0) is 77.2. The average molecular weight is 1510 g/mol. The van der Waals surface area contributed by atoms with E-state index in [4.69, 9.17) is 39.0 Å². The molecule has 101 heavy (non-hydrogen) atoms. The highest BCUT2D eigenvalue weighted by atomic mass is 35.5. The predicted octanol–water partition coefficient (Wildman–Crippen LogP) is 16.1. The minimum Gasteiger partial charge on any atom is -0.477 e. The molecule has 0 radical (unpaired) electrons. The number of esters is 1. The monoisotopic (exact) mass is 1510 g/mol. The number of carboxylic acid groups (broad SMARTS) is 1. The Morgan fingerprint density at radius 3 is 1.40 bits per heavy atom. The Kier molecular flexibility index (Phi) is 34.1. The van der Waals surface area contributed by atoms with Gasteiger partial charge in [0.1, 0.15) is 47.5 Å². The zero-order valence-electron chi connectivity index (χ0n) is 59.9. The topological polar surface area (TPSA) is 359 Å². The van der Waals surface area contributed by atoms with Crippen molar-refractivity contribution in [3.63, 3.8) is 0 Å². The molecule has 0 saturated carbocycles. The van der Waals surface area contributed by atoms with Crippen molar-refractivity contribution in [2.24, 2.45) is 0 Å². The fourth-order valence-corrected chi connectivity index (χ4v) is 14.4. The number of para-hydroxylation sites is 5. The number of ketones is 4. The molecule has 2 aliphatic rings. The van der Waals surface area contributed by atoms with Crippen molar-refractivity contribution in [1.29, 1.82) is 0 Å². The second kappa shape index (κ2) is 39.2. The van der Waals surface area contributed by atoms with E-state index in [2.05, 4.69) is 106 Å². The summed E-state index contributed by atoms with van der Waals surface area (Å²) in [5.74, 6) is 0.168. The van der Waals surface area contributed by atoms with Crippen LogP contribution in [0.3, 0.4) is 0 Å². The molecule has 0 unspecified atom stereocenters. The number of ether oxygens (including phenoxy) is 1. The Hall–Kier alpha value is -9.12. The van der Waals surface area contributed by atoms with E-state index in [0.29, 0.717) is 41.9 Å². The highest BCUT2D eigenvalue weighted by molar-refractivity contribution is 6.89. The maximum absolute atomic E-state index is 12.3. The normalized spacial score (nSPS) is 13.3. The van der Waals surface area contributed by atoms with E-state index in [1.807, 2.05) is 62.1 Å². The molecule has 0 saturated heterocycles. The molecule has 8 rings (SSSR count). The summed E-state index contributed by atoms with van der Waals surface area (Å²) < 4.78 is 6.28. The van der Waals surface area contributed by atoms with Gasteiger partial charge in [-0.25, -0.2) is 9.59 Å². The van der Waals surface area contributed by atoms with Gasteiger partial charge in [0, 0.05) is 94.3 Å². The molecule has 5 N–H and O–H groups in total. The summed E-state index contributed by atoms with van der Waals surface area (Å²) in [7, 11) is -6.12. The number of hydrogen-bond acceptors (Lipinski definition) is 18. The van der Waals surface area contributed by atoms with Gasteiger partial charge in [-0.1, -0.05) is 178 Å². The van der Waals surface area contributed by atoms with Gasteiger partial charge in [-0.3, -0.25) is 63.9 Å². The van der Waals surface area contributed by atoms with Crippen LogP contribution in [-0.4, -0.2) is 110 Å². The second-order valence-electron chi connectivity index (χ2n) is 28.5. The summed E-state index contributed by atoms with van der Waals surface area (Å²) in [6.07, 6.45) is 1.61. The van der Waals surface area contributed by atoms with Crippen molar-refractivity contribution in [3.05, 3.63) is 213 Å². The molecule has 0 fully saturated rings. The molecule has 0 spiro atoms. The van der Waals surface area contributed by atoms with Crippen molar-refractivity contribution in [3.8, 4) is 22.6 Å². The van der Waals surface area contributed by atoms with Gasteiger partial charge < -0.3 is 25.3 Å². The number of nitro groups is 3. The van der Waals surface area contributed by atoms with Gasteiger partial charge in [0.15, 0.2) is 23.0 Å². The number of carboxylic acids is 1. The molecule has 1 aromatic heterocycles. The number of cyclic esters (lactones) is 1. The number of carbonyl (C=O) groups excluding carboxylic acids is 6. The first-order valence-corrected chi connectivity index (χ1v) is 50.6. The SMILES string of the molecule is CC[C@@]1(O)C(=O)OCc2c1cc1n(c2=O)CCC1=O.C[Si](C)(C)C#CC(=O)c1ccccc1[N+](=O)[O-].C[Si](C)(C)C#C[Si](C)(C)C.C[Si](C)(C)CCC(=O)c1ccccc1N.C[Si](C)(C)CCC(=O)c1ccccc1NCl.O=C(Cl)c1ccccc1[N+](=O)[O-].O=C(O)c1ccccc1[N+](=O)[O-]. The van der Waals surface area contributed by atoms with Crippen LogP contribution in [0.15, 0.2) is 132 Å². The lowest BCUT2D eigenvalue weighted by molar-refractivity contribution is -0.385. The fraction of sp³-hybridized carbons (Fsp3) is 0.352. The number of rotatable bonds is 16. The van der Waals surface area contributed by atoms with E-state index >= 15 is 0 Å². The lowest BCUT2D eigenvalue weighted by Gasteiger charge is -2.31. The Morgan fingerprint density at radius 1 is 0.604 bits per heavy atom. The summed E-state index contributed by atoms with van der Waals surface area (Å²) in [4.78, 5) is 124. The first-order valence-electron chi connectivity index (χ1n) is 31.9. The number of nitro benzene ring substituents is 3. The molecule has 23 nitrogen and oxygen atoms in total. The van der Waals surface area contributed by atoms with Crippen molar-refractivity contribution in [2.75, 3.05) is 10.6 Å². The summed E-state index contributed by atoms with van der Waals surface area (Å²) in [6.45, 7) is 35.2. The molecule has 540 valence electrons. The minimum atomic E-state index is -1.83. The number of benzene rings is 5. The number of carbonyl (C=O) groups is 7. The van der Waals surface area contributed by atoms with E-state index in [9.17, 15) is 73.8 Å². The molecule has 6 aromatic rings. The maximum atomic E-state index is 12.3. The Bertz CT molecular complexity index is 4070. The summed E-state index contributed by atoms with van der Waals surface area (Å²) in [5, 5.41) is 49.4. The first-order chi connectivity index (χ1) is 46.6. The fourth-order valence-electron chi connectivity index (χ4n) is 8.62. The predicted molar refractivity (Wildman–Crippen MR) is 411 cm³/mol. The molecular formula is C71H90Cl2N6O17Si5. The number of nitrogens with one attached hydrogen (secondary N) is 1. The van der Waals surface area contributed by atoms with Gasteiger partial charge in [0.25, 0.3) is 27.9 Å². The summed E-state index contributed by atoms with van der Waals surface area (Å²) >= 11 is 10.7. The van der Waals surface area contributed by atoms with Gasteiger partial charge in [-0.15, -0.1) is 16.6 Å². The van der Waals surface area contributed by atoms with E-state index in [1.165, 1.54) is 71.3 Å². The number of fused-ring (bicyclic) bond motifs is 2. The Morgan fingerprint density at radius 2 is 1.00 bits per heavy atom. The third-order valence-corrected chi connectivity index (χ3v) is 20.8. The second-order valence-corrected chi connectivity index (χ2v) is 54.5. The number of aromatic carboxylic acids is 1. The van der Waals surface area contributed by atoms with Crippen LogP contribution >= 0.6 is 23.4 Å². The quantitative estimate of drug-likeness (QED) is 0.00804. The zero-order valence-corrected chi connectivity index (χ0v) is 66.4. The molecule has 1 atom stereocenters. The van der Waals surface area contributed by atoms with Crippen LogP contribution < -0.4 is 16.1 Å². The number of aromatic nitrogens is 1. The molecule has 30 heteroatoms. The van der Waals surface area contributed by atoms with E-state index < -0.39 is 83.7 Å². The molecule has 3 heterocycles. The van der Waals surface area contributed by atoms with Crippen LogP contribution in [0.5, 0.6) is 0 Å². The Balaban J connectivity index is 0.000000404. The molecule has 0 aliphatic carbocycles. The van der Waals surface area contributed by atoms with E-state index in [-0.39, 0.29) is 92.9 Å². The maximum Gasteiger partial charge on any atom is 0.343 e. The smallest absolute Gasteiger partial charge is 0.343 e. The average Bonchev–Trinajstić information content (AvgIpc) is 1.73. The van der Waals surface area contributed by atoms with Crippen LogP contribution in [0.1, 0.15) is 106 Å². The van der Waals surface area contributed by atoms with Crippen LogP contribution in [-0.2, 0) is 28.3 Å². The van der Waals surface area contributed by atoms with Crippen LogP contribution in [0.4, 0.5) is 28.4 Å². The number of Topliss-reactive ketones (excluding diaryl/α,β-unsaturated/α-hetero) is 4.